The Hall–Kier alpha value is -3.69. The van der Waals surface area contributed by atoms with E-state index in [-0.39, 0.29) is 6.10 Å². The predicted molar refractivity (Wildman–Crippen MR) is 139 cm³/mol. The average molecular weight is 489 g/mol. The Bertz CT molecular complexity index is 1270. The second-order valence-electron chi connectivity index (χ2n) is 8.97. The van der Waals surface area contributed by atoms with Gasteiger partial charge in [-0.2, -0.15) is 0 Å². The van der Waals surface area contributed by atoms with Crippen LogP contribution in [0.3, 0.4) is 0 Å². The zero-order valence-electron chi connectivity index (χ0n) is 20.5. The molecule has 0 spiro atoms. The fourth-order valence-electron chi connectivity index (χ4n) is 4.42. The predicted octanol–water partition coefficient (Wildman–Crippen LogP) is 4.07. The Morgan fingerprint density at radius 2 is 2.03 bits per heavy atom. The van der Waals surface area contributed by atoms with Crippen molar-refractivity contribution in [3.8, 4) is 11.6 Å². The third-order valence-corrected chi connectivity index (χ3v) is 6.46. The summed E-state index contributed by atoms with van der Waals surface area (Å²) in [5.41, 5.74) is 4.56. The molecule has 1 aromatic carbocycles. The summed E-state index contributed by atoms with van der Waals surface area (Å²) in [4.78, 5) is 11.0. The lowest BCUT2D eigenvalue weighted by atomic mass is 10.1. The van der Waals surface area contributed by atoms with Crippen molar-refractivity contribution in [2.45, 2.75) is 38.9 Å². The normalized spacial score (nSPS) is 14.7. The van der Waals surface area contributed by atoms with E-state index in [4.69, 9.17) is 9.47 Å². The number of hydrogen-bond donors (Lipinski definition) is 3. The molecule has 5 rings (SSSR count). The lowest BCUT2D eigenvalue weighted by molar-refractivity contribution is 0.0752. The quantitative estimate of drug-likeness (QED) is 0.307. The molecule has 0 unspecified atom stereocenters. The molecule has 0 saturated carbocycles. The molecule has 9 heteroatoms. The van der Waals surface area contributed by atoms with E-state index in [0.29, 0.717) is 19.1 Å². The molecule has 9 nitrogen and oxygen atoms in total. The van der Waals surface area contributed by atoms with Crippen LogP contribution in [0.1, 0.15) is 31.0 Å². The minimum absolute atomic E-state index is 0.173. The van der Waals surface area contributed by atoms with E-state index in [9.17, 15) is 5.11 Å². The molecule has 188 valence electrons. The molecule has 3 aromatic heterocycles. The topological polar surface area (TPSA) is 108 Å². The van der Waals surface area contributed by atoms with E-state index in [1.807, 2.05) is 30.3 Å². The number of fused-ring (bicyclic) bond motifs is 1. The van der Waals surface area contributed by atoms with Crippen LogP contribution in [0, 0.1) is 0 Å². The van der Waals surface area contributed by atoms with Crippen molar-refractivity contribution in [1.29, 1.82) is 0 Å². The maximum Gasteiger partial charge on any atom is 0.242 e. The number of hydrogen-bond acceptors (Lipinski definition) is 8. The van der Waals surface area contributed by atoms with Gasteiger partial charge in [0, 0.05) is 31.5 Å². The van der Waals surface area contributed by atoms with Crippen LogP contribution in [0.5, 0.6) is 11.6 Å². The monoisotopic (exact) mass is 488 g/mol. The van der Waals surface area contributed by atoms with Crippen LogP contribution in [-0.2, 0) is 13.0 Å². The number of nitrogens with one attached hydrogen (secondary N) is 2. The van der Waals surface area contributed by atoms with Crippen molar-refractivity contribution < 1.29 is 14.6 Å². The fraction of sp³-hybridized carbons (Fsp3) is 0.370. The highest BCUT2D eigenvalue weighted by atomic mass is 16.5. The van der Waals surface area contributed by atoms with Crippen molar-refractivity contribution >= 4 is 22.3 Å². The highest BCUT2D eigenvalue weighted by molar-refractivity contribution is 5.96. The van der Waals surface area contributed by atoms with Crippen molar-refractivity contribution in [2.75, 3.05) is 31.6 Å². The van der Waals surface area contributed by atoms with Gasteiger partial charge in [0.15, 0.2) is 0 Å². The maximum atomic E-state index is 9.70. The van der Waals surface area contributed by atoms with Crippen LogP contribution < -0.4 is 14.8 Å². The first kappa shape index (κ1) is 24.0. The minimum Gasteiger partial charge on any atom is -0.487 e. The molecule has 1 aliphatic rings. The molecule has 0 aliphatic carbocycles. The maximum absolute atomic E-state index is 9.70. The standard InChI is InChI=1S/C27H32N6O3/c1-2-19-15-20(6-7-25(19)36-18-21-5-3-4-10-29-21)30-23-16-28-17-24-26(23)27(32-31-24)35-14-13-33-11-8-22(34)9-12-33/h3-7,10,15-17,22,30,34H,2,8-9,11-14,18H2,1H3,(H,31,32). The number of nitrogens with zero attached hydrogens (tertiary/aromatic N) is 4. The summed E-state index contributed by atoms with van der Waals surface area (Å²) >= 11 is 0. The molecule has 4 heterocycles. The lowest BCUT2D eigenvalue weighted by Crippen LogP contribution is -2.38. The number of aliphatic hydroxyl groups is 1. The number of piperidine rings is 1. The van der Waals surface area contributed by atoms with Crippen molar-refractivity contribution in [1.82, 2.24) is 25.1 Å². The average Bonchev–Trinajstić information content (AvgIpc) is 3.33. The number of aromatic nitrogens is 4. The van der Waals surface area contributed by atoms with Gasteiger partial charge in [-0.05, 0) is 55.2 Å². The van der Waals surface area contributed by atoms with Gasteiger partial charge in [0.2, 0.25) is 5.88 Å². The molecule has 0 radical (unpaired) electrons. The number of anilines is 2. The number of aliphatic hydroxyl groups excluding tert-OH is 1. The molecule has 0 amide bonds. The van der Waals surface area contributed by atoms with Crippen LogP contribution in [0.15, 0.2) is 55.0 Å². The first-order valence-electron chi connectivity index (χ1n) is 12.5. The van der Waals surface area contributed by atoms with Crippen LogP contribution in [-0.4, -0.2) is 62.5 Å². The van der Waals surface area contributed by atoms with Gasteiger partial charge in [-0.25, -0.2) is 0 Å². The molecule has 1 saturated heterocycles. The molecule has 1 fully saturated rings. The number of benzene rings is 1. The number of aromatic amines is 1. The smallest absolute Gasteiger partial charge is 0.242 e. The van der Waals surface area contributed by atoms with E-state index in [1.54, 1.807) is 18.6 Å². The van der Waals surface area contributed by atoms with Gasteiger partial charge < -0.3 is 19.9 Å². The second kappa shape index (κ2) is 11.4. The summed E-state index contributed by atoms with van der Waals surface area (Å²) in [6, 6.07) is 11.9. The van der Waals surface area contributed by atoms with E-state index in [2.05, 4.69) is 43.4 Å². The molecular formula is C27H32N6O3. The second-order valence-corrected chi connectivity index (χ2v) is 8.97. The van der Waals surface area contributed by atoms with E-state index >= 15 is 0 Å². The largest absolute Gasteiger partial charge is 0.487 e. The third-order valence-electron chi connectivity index (χ3n) is 6.46. The lowest BCUT2D eigenvalue weighted by Gasteiger charge is -2.29. The first-order chi connectivity index (χ1) is 17.7. The number of rotatable bonds is 10. The third kappa shape index (κ3) is 5.75. The summed E-state index contributed by atoms with van der Waals surface area (Å²) in [5.74, 6) is 1.40. The van der Waals surface area contributed by atoms with E-state index in [0.717, 1.165) is 78.2 Å². The minimum atomic E-state index is -0.173. The number of aryl methyl sites for hydroxylation is 1. The van der Waals surface area contributed by atoms with Gasteiger partial charge in [0.25, 0.3) is 0 Å². The van der Waals surface area contributed by atoms with Crippen molar-refractivity contribution in [3.05, 3.63) is 66.2 Å². The summed E-state index contributed by atoms with van der Waals surface area (Å²) in [6.45, 7) is 5.65. The number of pyridine rings is 2. The van der Waals surface area contributed by atoms with Crippen LogP contribution in [0.25, 0.3) is 10.9 Å². The summed E-state index contributed by atoms with van der Waals surface area (Å²) in [6.07, 6.45) is 7.60. The number of likely N-dealkylation sites (tertiary alicyclic amines) is 1. The summed E-state index contributed by atoms with van der Waals surface area (Å²) < 4.78 is 12.1. The Balaban J connectivity index is 1.27. The van der Waals surface area contributed by atoms with Crippen LogP contribution >= 0.6 is 0 Å². The highest BCUT2D eigenvalue weighted by Crippen LogP contribution is 2.33. The molecular weight excluding hydrogens is 456 g/mol. The Labute approximate surface area is 210 Å². The zero-order valence-corrected chi connectivity index (χ0v) is 20.5. The first-order valence-corrected chi connectivity index (χ1v) is 12.5. The van der Waals surface area contributed by atoms with Crippen LogP contribution in [0.2, 0.25) is 0 Å². The molecule has 0 bridgehead atoms. The van der Waals surface area contributed by atoms with Crippen molar-refractivity contribution in [2.24, 2.45) is 0 Å². The zero-order chi connectivity index (χ0) is 24.7. The Morgan fingerprint density at radius 1 is 1.14 bits per heavy atom. The van der Waals surface area contributed by atoms with Gasteiger partial charge in [-0.3, -0.25) is 20.0 Å². The number of ether oxygens (including phenoxy) is 2. The highest BCUT2D eigenvalue weighted by Gasteiger charge is 2.18. The van der Waals surface area contributed by atoms with Crippen molar-refractivity contribution in [3.63, 3.8) is 0 Å². The van der Waals surface area contributed by atoms with Gasteiger partial charge >= 0.3 is 0 Å². The summed E-state index contributed by atoms with van der Waals surface area (Å²) in [7, 11) is 0. The fourth-order valence-corrected chi connectivity index (χ4v) is 4.42. The SMILES string of the molecule is CCc1cc(Nc2cncc3[nH]nc(OCCN4CCC(O)CC4)c23)ccc1OCc1ccccn1. The summed E-state index contributed by atoms with van der Waals surface area (Å²) in [5, 5.41) is 21.5. The Kier molecular flexibility index (Phi) is 7.58. The van der Waals surface area contributed by atoms with Gasteiger partial charge in [0.05, 0.1) is 40.8 Å². The van der Waals surface area contributed by atoms with E-state index < -0.39 is 0 Å². The molecule has 0 atom stereocenters. The molecule has 36 heavy (non-hydrogen) atoms. The van der Waals surface area contributed by atoms with Gasteiger partial charge in [0.1, 0.15) is 19.0 Å². The molecule has 3 N–H and O–H groups in total. The van der Waals surface area contributed by atoms with Crippen LogP contribution in [0.4, 0.5) is 11.4 Å². The van der Waals surface area contributed by atoms with Gasteiger partial charge in [-0.1, -0.05) is 13.0 Å². The molecule has 4 aromatic rings. The van der Waals surface area contributed by atoms with Gasteiger partial charge in [-0.15, -0.1) is 5.10 Å². The molecule has 1 aliphatic heterocycles. The Morgan fingerprint density at radius 3 is 2.83 bits per heavy atom. The number of H-pyrrole nitrogens is 1. The van der Waals surface area contributed by atoms with E-state index in [1.165, 1.54) is 0 Å².